The van der Waals surface area contributed by atoms with Crippen LogP contribution < -0.4 is 4.74 Å². The van der Waals surface area contributed by atoms with Crippen LogP contribution in [0.2, 0.25) is 0 Å². The molecule has 0 aromatic heterocycles. The van der Waals surface area contributed by atoms with Crippen molar-refractivity contribution in [2.24, 2.45) is 5.92 Å². The van der Waals surface area contributed by atoms with Gasteiger partial charge in [0.25, 0.3) is 0 Å². The summed E-state index contributed by atoms with van der Waals surface area (Å²) in [4.78, 5) is 0. The number of benzene rings is 2. The average Bonchev–Trinajstić information content (AvgIpc) is 2.99. The molecule has 22 heavy (non-hydrogen) atoms. The molecule has 2 aliphatic rings. The molecule has 2 N–H and O–H groups in total. The molecule has 3 atom stereocenters. The predicted octanol–water partition coefficient (Wildman–Crippen LogP) is 4.42. The van der Waals surface area contributed by atoms with Crippen molar-refractivity contribution in [1.29, 1.82) is 0 Å². The topological polar surface area (TPSA) is 49.7 Å². The molecule has 2 aromatic rings. The maximum Gasteiger partial charge on any atom is 0.127 e. The van der Waals surface area contributed by atoms with Crippen molar-refractivity contribution in [3.05, 3.63) is 53.1 Å². The van der Waals surface area contributed by atoms with Gasteiger partial charge in [0.15, 0.2) is 0 Å². The van der Waals surface area contributed by atoms with E-state index in [0.717, 1.165) is 35.3 Å². The van der Waals surface area contributed by atoms with Crippen LogP contribution in [0.4, 0.5) is 0 Å². The van der Waals surface area contributed by atoms with Crippen molar-refractivity contribution in [3.8, 4) is 17.2 Å². The van der Waals surface area contributed by atoms with Crippen LogP contribution in [0.3, 0.4) is 0 Å². The van der Waals surface area contributed by atoms with Gasteiger partial charge in [0, 0.05) is 11.5 Å². The Morgan fingerprint density at radius 1 is 1.05 bits per heavy atom. The van der Waals surface area contributed by atoms with Gasteiger partial charge >= 0.3 is 0 Å². The van der Waals surface area contributed by atoms with Crippen molar-refractivity contribution in [1.82, 2.24) is 0 Å². The molecule has 0 amide bonds. The van der Waals surface area contributed by atoms with Crippen LogP contribution in [0.1, 0.15) is 48.0 Å². The largest absolute Gasteiger partial charge is 0.508 e. The van der Waals surface area contributed by atoms with Gasteiger partial charge in [-0.15, -0.1) is 0 Å². The number of hydrogen-bond acceptors (Lipinski definition) is 3. The van der Waals surface area contributed by atoms with Crippen molar-refractivity contribution in [3.63, 3.8) is 0 Å². The van der Waals surface area contributed by atoms with Gasteiger partial charge in [-0.25, -0.2) is 0 Å². The maximum absolute atomic E-state index is 9.77. The second-order valence-corrected chi connectivity index (χ2v) is 6.51. The van der Waals surface area contributed by atoms with Gasteiger partial charge in [0.2, 0.25) is 0 Å². The summed E-state index contributed by atoms with van der Waals surface area (Å²) in [5, 5.41) is 19.5. The molecule has 1 saturated carbocycles. The quantitative estimate of drug-likeness (QED) is 0.818. The van der Waals surface area contributed by atoms with Crippen molar-refractivity contribution in [2.75, 3.05) is 0 Å². The van der Waals surface area contributed by atoms with Crippen LogP contribution in [0, 0.1) is 12.8 Å². The minimum atomic E-state index is 0.0313. The van der Waals surface area contributed by atoms with E-state index in [0.29, 0.717) is 23.3 Å². The van der Waals surface area contributed by atoms with Crippen molar-refractivity contribution < 1.29 is 14.9 Å². The molecule has 2 aromatic carbocycles. The van der Waals surface area contributed by atoms with E-state index in [9.17, 15) is 10.2 Å². The highest BCUT2D eigenvalue weighted by molar-refractivity contribution is 5.46. The summed E-state index contributed by atoms with van der Waals surface area (Å²) in [5.41, 5.74) is 3.16. The third-order valence-corrected chi connectivity index (χ3v) is 5.15. The number of hydrogen-bond donors (Lipinski definition) is 2. The van der Waals surface area contributed by atoms with E-state index in [1.54, 1.807) is 12.1 Å². The molecule has 3 heteroatoms. The molecule has 1 fully saturated rings. The Labute approximate surface area is 130 Å². The first-order valence-corrected chi connectivity index (χ1v) is 7.92. The van der Waals surface area contributed by atoms with E-state index in [1.807, 2.05) is 31.2 Å². The lowest BCUT2D eigenvalue weighted by Gasteiger charge is -2.36. The maximum atomic E-state index is 9.77. The van der Waals surface area contributed by atoms with E-state index in [1.165, 1.54) is 6.42 Å². The third kappa shape index (κ3) is 2.04. The highest BCUT2D eigenvalue weighted by Crippen LogP contribution is 2.54. The number of aryl methyl sites for hydroxylation is 1. The highest BCUT2D eigenvalue weighted by atomic mass is 16.5. The summed E-state index contributed by atoms with van der Waals surface area (Å²) in [6.07, 6.45) is 3.52. The van der Waals surface area contributed by atoms with Crippen molar-refractivity contribution in [2.45, 2.75) is 38.2 Å². The van der Waals surface area contributed by atoms with Crippen molar-refractivity contribution >= 4 is 0 Å². The lowest BCUT2D eigenvalue weighted by Crippen LogP contribution is -2.26. The van der Waals surface area contributed by atoms with E-state index in [-0.39, 0.29) is 6.10 Å². The van der Waals surface area contributed by atoms with Gasteiger partial charge in [-0.05, 0) is 67.1 Å². The molecule has 3 nitrogen and oxygen atoms in total. The molecule has 1 heterocycles. The second kappa shape index (κ2) is 4.94. The summed E-state index contributed by atoms with van der Waals surface area (Å²) in [5.74, 6) is 2.42. The van der Waals surface area contributed by atoms with E-state index in [4.69, 9.17) is 4.74 Å². The van der Waals surface area contributed by atoms with E-state index in [2.05, 4.69) is 0 Å². The number of phenolic OH excluding ortho intramolecular Hbond substituents is 2. The Morgan fingerprint density at radius 3 is 2.73 bits per heavy atom. The predicted molar refractivity (Wildman–Crippen MR) is 84.4 cm³/mol. The van der Waals surface area contributed by atoms with Gasteiger partial charge in [-0.1, -0.05) is 12.5 Å². The van der Waals surface area contributed by atoms with E-state index >= 15 is 0 Å². The number of rotatable bonds is 1. The molecule has 0 spiro atoms. The standard InChI is InChI=1S/C19H20O3/c1-11-9-12(5-7-17(11)21)19-15-4-2-3-14(15)16-10-13(20)6-8-18(16)22-19/h5-10,14-15,19-21H,2-4H2,1H3/t14?,15-,19?/m1/s1. The SMILES string of the molecule is Cc1cc(C2Oc3ccc(O)cc3C3CCC[C@H]32)ccc1O. The lowest BCUT2D eigenvalue weighted by molar-refractivity contribution is 0.104. The zero-order chi connectivity index (χ0) is 15.3. The molecule has 4 rings (SSSR count). The smallest absolute Gasteiger partial charge is 0.127 e. The molecular formula is C19H20O3. The first kappa shape index (κ1) is 13.5. The minimum Gasteiger partial charge on any atom is -0.508 e. The van der Waals surface area contributed by atoms with Gasteiger partial charge in [0.05, 0.1) is 0 Å². The number of phenols is 2. The van der Waals surface area contributed by atoms with E-state index < -0.39 is 0 Å². The minimum absolute atomic E-state index is 0.0313. The molecule has 1 aliphatic carbocycles. The molecule has 0 saturated heterocycles. The van der Waals surface area contributed by atoms with Gasteiger partial charge in [-0.2, -0.15) is 0 Å². The zero-order valence-electron chi connectivity index (χ0n) is 12.6. The first-order chi connectivity index (χ1) is 10.6. The van der Waals surface area contributed by atoms with Gasteiger partial charge in [0.1, 0.15) is 23.4 Å². The normalized spacial score (nSPS) is 26.1. The Bertz CT molecular complexity index is 723. The Balaban J connectivity index is 1.78. The average molecular weight is 296 g/mol. The van der Waals surface area contributed by atoms with Crippen LogP contribution in [-0.4, -0.2) is 10.2 Å². The fraction of sp³-hybridized carbons (Fsp3) is 0.368. The van der Waals surface area contributed by atoms with Crippen LogP contribution in [0.5, 0.6) is 17.2 Å². The molecular weight excluding hydrogens is 276 g/mol. The van der Waals surface area contributed by atoms with Crippen LogP contribution in [0.15, 0.2) is 36.4 Å². The van der Waals surface area contributed by atoms with Crippen LogP contribution >= 0.6 is 0 Å². The highest BCUT2D eigenvalue weighted by Gasteiger charge is 2.42. The summed E-state index contributed by atoms with van der Waals surface area (Å²) in [6.45, 7) is 1.92. The first-order valence-electron chi connectivity index (χ1n) is 7.92. The summed E-state index contributed by atoms with van der Waals surface area (Å²) < 4.78 is 6.29. The zero-order valence-corrected chi connectivity index (χ0v) is 12.6. The fourth-order valence-electron chi connectivity index (χ4n) is 4.07. The molecule has 2 unspecified atom stereocenters. The summed E-state index contributed by atoms with van der Waals surface area (Å²) >= 11 is 0. The van der Waals surface area contributed by atoms with Gasteiger partial charge in [-0.3, -0.25) is 0 Å². The van der Waals surface area contributed by atoms with Gasteiger partial charge < -0.3 is 14.9 Å². The molecule has 1 aliphatic heterocycles. The molecule has 0 radical (unpaired) electrons. The van der Waals surface area contributed by atoms with Crippen LogP contribution in [-0.2, 0) is 0 Å². The second-order valence-electron chi connectivity index (χ2n) is 6.51. The molecule has 0 bridgehead atoms. The number of fused-ring (bicyclic) bond motifs is 3. The fourth-order valence-corrected chi connectivity index (χ4v) is 4.07. The Kier molecular flexibility index (Phi) is 3.03. The Hall–Kier alpha value is -2.16. The molecule has 114 valence electrons. The Morgan fingerprint density at radius 2 is 1.91 bits per heavy atom. The number of aromatic hydroxyl groups is 2. The number of ether oxygens (including phenoxy) is 1. The summed E-state index contributed by atoms with van der Waals surface area (Å²) in [6, 6.07) is 11.2. The summed E-state index contributed by atoms with van der Waals surface area (Å²) in [7, 11) is 0. The third-order valence-electron chi connectivity index (χ3n) is 5.15. The van der Waals surface area contributed by atoms with Crippen LogP contribution in [0.25, 0.3) is 0 Å². The lowest BCUT2D eigenvalue weighted by atomic mass is 9.80. The monoisotopic (exact) mass is 296 g/mol.